The largest absolute Gasteiger partial charge is 0.491 e. The maximum absolute atomic E-state index is 14.8. The van der Waals surface area contributed by atoms with Crippen molar-refractivity contribution in [2.24, 2.45) is 0 Å². The van der Waals surface area contributed by atoms with E-state index >= 15 is 0 Å². The lowest BCUT2D eigenvalue weighted by atomic mass is 10.0. The van der Waals surface area contributed by atoms with E-state index in [1.165, 1.54) is 0 Å². The number of rotatable bonds is 8. The van der Waals surface area contributed by atoms with Crippen molar-refractivity contribution in [2.75, 3.05) is 13.2 Å². The molecule has 0 unspecified atom stereocenters. The third kappa shape index (κ3) is 3.59. The Balaban J connectivity index is 1.99. The van der Waals surface area contributed by atoms with Crippen LogP contribution in [0.3, 0.4) is 0 Å². The molecular formula is C22H24F2O2. The Hall–Kier alpha value is -2.36. The highest BCUT2D eigenvalue weighted by molar-refractivity contribution is 6.08. The lowest BCUT2D eigenvalue weighted by Crippen LogP contribution is -2.00. The second-order valence-electron chi connectivity index (χ2n) is 6.42. The van der Waals surface area contributed by atoms with Crippen molar-refractivity contribution in [2.45, 2.75) is 39.5 Å². The summed E-state index contributed by atoms with van der Waals surface area (Å²) in [4.78, 5) is 0. The molecule has 0 aliphatic heterocycles. The van der Waals surface area contributed by atoms with Crippen LogP contribution in [-0.4, -0.2) is 13.2 Å². The van der Waals surface area contributed by atoms with E-state index in [0.717, 1.165) is 25.7 Å². The van der Waals surface area contributed by atoms with E-state index in [1.54, 1.807) is 36.4 Å². The molecule has 3 aromatic rings. The zero-order valence-electron chi connectivity index (χ0n) is 15.3. The molecule has 0 aliphatic carbocycles. The summed E-state index contributed by atoms with van der Waals surface area (Å²) in [6.45, 7) is 5.04. The molecule has 0 radical (unpaired) electrons. The number of benzene rings is 3. The molecule has 4 heteroatoms. The highest BCUT2D eigenvalue weighted by Gasteiger charge is 2.14. The van der Waals surface area contributed by atoms with Crippen molar-refractivity contribution >= 4 is 21.5 Å². The van der Waals surface area contributed by atoms with Gasteiger partial charge in [0.15, 0.2) is 23.1 Å². The zero-order valence-corrected chi connectivity index (χ0v) is 15.3. The number of halogens is 2. The molecule has 0 saturated heterocycles. The van der Waals surface area contributed by atoms with Crippen LogP contribution < -0.4 is 9.47 Å². The molecule has 3 aromatic carbocycles. The number of ether oxygens (including phenoxy) is 2. The molecule has 0 spiro atoms. The van der Waals surface area contributed by atoms with Crippen LogP contribution in [0.4, 0.5) is 8.78 Å². The Morgan fingerprint density at radius 3 is 1.62 bits per heavy atom. The minimum Gasteiger partial charge on any atom is -0.491 e. The fourth-order valence-corrected chi connectivity index (χ4v) is 3.08. The van der Waals surface area contributed by atoms with Crippen LogP contribution in [-0.2, 0) is 0 Å². The summed E-state index contributed by atoms with van der Waals surface area (Å²) in [7, 11) is 0. The second-order valence-corrected chi connectivity index (χ2v) is 6.42. The van der Waals surface area contributed by atoms with Crippen molar-refractivity contribution in [3.8, 4) is 11.5 Å². The average molecular weight is 358 g/mol. The lowest BCUT2D eigenvalue weighted by molar-refractivity contribution is 0.293. The molecule has 0 bridgehead atoms. The Kier molecular flexibility index (Phi) is 5.92. The molecule has 0 atom stereocenters. The van der Waals surface area contributed by atoms with Crippen LogP contribution in [0.25, 0.3) is 21.5 Å². The fourth-order valence-electron chi connectivity index (χ4n) is 3.08. The Morgan fingerprint density at radius 1 is 0.615 bits per heavy atom. The monoisotopic (exact) mass is 358 g/mol. The molecule has 138 valence electrons. The van der Waals surface area contributed by atoms with Gasteiger partial charge in [0.25, 0.3) is 0 Å². The molecule has 0 amide bonds. The van der Waals surface area contributed by atoms with E-state index in [-0.39, 0.29) is 11.5 Å². The summed E-state index contributed by atoms with van der Waals surface area (Å²) < 4.78 is 40.5. The van der Waals surface area contributed by atoms with Gasteiger partial charge in [0.2, 0.25) is 0 Å². The molecule has 3 rings (SSSR count). The Morgan fingerprint density at radius 2 is 1.12 bits per heavy atom. The van der Waals surface area contributed by atoms with E-state index in [1.807, 2.05) is 6.92 Å². The van der Waals surface area contributed by atoms with Crippen LogP contribution in [0.1, 0.15) is 39.5 Å². The summed E-state index contributed by atoms with van der Waals surface area (Å²) in [6.07, 6.45) is 3.85. The van der Waals surface area contributed by atoms with Crippen molar-refractivity contribution < 1.29 is 18.3 Å². The summed E-state index contributed by atoms with van der Waals surface area (Å²) in [5, 5.41) is 2.20. The van der Waals surface area contributed by atoms with Crippen LogP contribution in [0.15, 0.2) is 36.4 Å². The molecule has 0 saturated carbocycles. The van der Waals surface area contributed by atoms with Crippen LogP contribution in [0.5, 0.6) is 11.5 Å². The van der Waals surface area contributed by atoms with E-state index in [4.69, 9.17) is 9.47 Å². The maximum Gasteiger partial charge on any atom is 0.172 e. The number of hydrogen-bond acceptors (Lipinski definition) is 2. The smallest absolute Gasteiger partial charge is 0.172 e. The molecule has 0 aliphatic rings. The highest BCUT2D eigenvalue weighted by Crippen LogP contribution is 2.35. The number of unbranched alkanes of at least 4 members (excludes halogenated alkanes) is 2. The molecule has 0 heterocycles. The summed E-state index contributed by atoms with van der Waals surface area (Å²) in [5.74, 6) is -0.322. The predicted octanol–water partition coefficient (Wildman–Crippen LogP) is 6.63. The first kappa shape index (κ1) is 18.4. The molecule has 26 heavy (non-hydrogen) atoms. The third-order valence-corrected chi connectivity index (χ3v) is 4.46. The van der Waals surface area contributed by atoms with Crippen LogP contribution in [0, 0.1) is 11.6 Å². The van der Waals surface area contributed by atoms with Gasteiger partial charge in [-0.25, -0.2) is 8.78 Å². The number of hydrogen-bond donors (Lipinski definition) is 0. The molecule has 0 N–H and O–H groups in total. The average Bonchev–Trinajstić information content (AvgIpc) is 2.66. The summed E-state index contributed by atoms with van der Waals surface area (Å²) in [6, 6.07) is 10.0. The first-order valence-electron chi connectivity index (χ1n) is 9.26. The van der Waals surface area contributed by atoms with Crippen molar-refractivity contribution in [1.29, 1.82) is 0 Å². The quantitative estimate of drug-likeness (QED) is 0.332. The lowest BCUT2D eigenvalue weighted by Gasteiger charge is -2.12. The number of fused-ring (bicyclic) bond motifs is 3. The highest BCUT2D eigenvalue weighted by atomic mass is 19.1. The molecule has 0 aromatic heterocycles. The SMILES string of the molecule is CCCCCOc1ccc2c(ccc3c(F)c(OCCC)ccc32)c1F. The fraction of sp³-hybridized carbons (Fsp3) is 0.364. The van der Waals surface area contributed by atoms with Gasteiger partial charge < -0.3 is 9.47 Å². The van der Waals surface area contributed by atoms with E-state index in [2.05, 4.69) is 6.92 Å². The van der Waals surface area contributed by atoms with Crippen molar-refractivity contribution in [1.82, 2.24) is 0 Å². The first-order valence-corrected chi connectivity index (χ1v) is 9.26. The van der Waals surface area contributed by atoms with Gasteiger partial charge in [-0.15, -0.1) is 0 Å². The van der Waals surface area contributed by atoms with Crippen LogP contribution in [0.2, 0.25) is 0 Å². The molecule has 0 fully saturated rings. The molecular weight excluding hydrogens is 334 g/mol. The van der Waals surface area contributed by atoms with Gasteiger partial charge in [0, 0.05) is 10.8 Å². The second kappa shape index (κ2) is 8.35. The topological polar surface area (TPSA) is 18.5 Å². The normalized spacial score (nSPS) is 11.2. The first-order chi connectivity index (χ1) is 12.7. The zero-order chi connectivity index (χ0) is 18.5. The van der Waals surface area contributed by atoms with E-state index in [0.29, 0.717) is 34.8 Å². The van der Waals surface area contributed by atoms with Crippen molar-refractivity contribution in [3.63, 3.8) is 0 Å². The van der Waals surface area contributed by atoms with Gasteiger partial charge in [-0.1, -0.05) is 38.8 Å². The predicted molar refractivity (Wildman–Crippen MR) is 102 cm³/mol. The van der Waals surface area contributed by atoms with Gasteiger partial charge in [-0.05, 0) is 47.9 Å². The Labute approximate surface area is 152 Å². The maximum atomic E-state index is 14.8. The standard InChI is InChI=1S/C22H24F2O2/c1-3-5-6-14-26-20-12-10-16-15-9-11-19(25-13-4-2)21(23)17(15)7-8-18(16)22(20)24/h7-12H,3-6,13-14H2,1-2H3. The van der Waals surface area contributed by atoms with E-state index < -0.39 is 11.6 Å². The van der Waals surface area contributed by atoms with E-state index in [9.17, 15) is 8.78 Å². The van der Waals surface area contributed by atoms with Gasteiger partial charge in [0.05, 0.1) is 13.2 Å². The minimum absolute atomic E-state index is 0.232. The van der Waals surface area contributed by atoms with Gasteiger partial charge >= 0.3 is 0 Å². The van der Waals surface area contributed by atoms with Crippen LogP contribution >= 0.6 is 0 Å². The Bertz CT molecular complexity index is 906. The van der Waals surface area contributed by atoms with Gasteiger partial charge in [-0.2, -0.15) is 0 Å². The molecule has 2 nitrogen and oxygen atoms in total. The van der Waals surface area contributed by atoms with Gasteiger partial charge in [-0.3, -0.25) is 0 Å². The summed E-state index contributed by atoms with van der Waals surface area (Å²) in [5.41, 5.74) is 0. The van der Waals surface area contributed by atoms with Gasteiger partial charge in [0.1, 0.15) is 0 Å². The third-order valence-electron chi connectivity index (χ3n) is 4.46. The van der Waals surface area contributed by atoms with Crippen molar-refractivity contribution in [3.05, 3.63) is 48.0 Å². The summed E-state index contributed by atoms with van der Waals surface area (Å²) >= 11 is 0. The minimum atomic E-state index is -0.404.